The molecule has 4 saturated carbocycles. The summed E-state index contributed by atoms with van der Waals surface area (Å²) in [5, 5.41) is 0. The van der Waals surface area contributed by atoms with Gasteiger partial charge in [-0.25, -0.2) is 0 Å². The van der Waals surface area contributed by atoms with Crippen molar-refractivity contribution in [2.24, 2.45) is 46.3 Å². The lowest BCUT2D eigenvalue weighted by Crippen LogP contribution is -2.61. The second-order valence-electron chi connectivity index (χ2n) is 12.9. The van der Waals surface area contributed by atoms with Crippen LogP contribution in [0.4, 0.5) is 26.3 Å². The van der Waals surface area contributed by atoms with Crippen LogP contribution in [-0.4, -0.2) is 47.0 Å². The van der Waals surface area contributed by atoms with Crippen molar-refractivity contribution < 1.29 is 50.3 Å². The van der Waals surface area contributed by atoms with E-state index >= 15 is 0 Å². The van der Waals surface area contributed by atoms with Crippen LogP contribution < -0.4 is 0 Å². The first-order chi connectivity index (χ1) is 18.3. The summed E-state index contributed by atoms with van der Waals surface area (Å²) in [5.74, 6) is -4.67. The number of carbonyl (C=O) groups is 4. The fourth-order valence-electron chi connectivity index (χ4n) is 8.67. The molecule has 0 N–H and O–H groups in total. The van der Waals surface area contributed by atoms with E-state index in [0.717, 1.165) is 0 Å². The molecule has 4 fully saturated rings. The first kappa shape index (κ1) is 31.3. The van der Waals surface area contributed by atoms with E-state index in [2.05, 4.69) is 24.3 Å². The number of thiol groups is 1. The van der Waals surface area contributed by atoms with Crippen molar-refractivity contribution in [1.82, 2.24) is 0 Å². The molecule has 0 bridgehead atoms. The molecule has 0 saturated heterocycles. The highest BCUT2D eigenvalue weighted by Gasteiger charge is 2.73. The predicted molar refractivity (Wildman–Crippen MR) is 134 cm³/mol. The van der Waals surface area contributed by atoms with Crippen LogP contribution in [0.5, 0.6) is 0 Å². The van der Waals surface area contributed by atoms with Gasteiger partial charge in [0.15, 0.2) is 0 Å². The number of carbonyl (C=O) groups excluding carboxylic acids is 4. The van der Waals surface area contributed by atoms with Crippen LogP contribution >= 0.6 is 12.6 Å². The average Bonchev–Trinajstić information content (AvgIpc) is 3.19. The molecule has 4 aliphatic carbocycles. The molecule has 4 rings (SSSR count). The Morgan fingerprint density at radius 1 is 1.00 bits per heavy atom. The third-order valence-electron chi connectivity index (χ3n) is 11.1. The first-order valence-corrected chi connectivity index (χ1v) is 14.5. The van der Waals surface area contributed by atoms with E-state index in [0.29, 0.717) is 38.5 Å². The Morgan fingerprint density at radius 2 is 1.62 bits per heavy atom. The molecule has 0 aromatic carbocycles. The summed E-state index contributed by atoms with van der Waals surface area (Å²) in [6.45, 7) is 5.66. The molecular formula is C28H36F6O5S. The molecule has 0 aliphatic heterocycles. The number of ketones is 3. The average molecular weight is 599 g/mol. The first-order valence-electron chi connectivity index (χ1n) is 13.9. The van der Waals surface area contributed by atoms with Gasteiger partial charge in [0, 0.05) is 49.2 Å². The number of fused-ring (bicyclic) bond motifs is 5. The highest BCUT2D eigenvalue weighted by Crippen LogP contribution is 2.66. The predicted octanol–water partition coefficient (Wildman–Crippen LogP) is 6.33. The Labute approximate surface area is 234 Å². The zero-order valence-corrected chi connectivity index (χ0v) is 23.7. The van der Waals surface area contributed by atoms with Crippen LogP contribution in [0.25, 0.3) is 0 Å². The fourth-order valence-corrected chi connectivity index (χ4v) is 9.09. The molecule has 5 nitrogen and oxygen atoms in total. The van der Waals surface area contributed by atoms with Gasteiger partial charge < -0.3 is 4.74 Å². The molecule has 0 amide bonds. The van der Waals surface area contributed by atoms with E-state index in [1.165, 1.54) is 0 Å². The van der Waals surface area contributed by atoms with Gasteiger partial charge in [0.1, 0.15) is 17.3 Å². The maximum atomic E-state index is 13.8. The van der Waals surface area contributed by atoms with Crippen molar-refractivity contribution in [2.45, 2.75) is 96.5 Å². The molecule has 0 spiro atoms. The normalized spacial score (nSPS) is 37.5. The number of esters is 1. The van der Waals surface area contributed by atoms with Crippen LogP contribution in [0, 0.1) is 46.3 Å². The fraction of sp³-hybridized carbons (Fsp3) is 0.857. The molecule has 8 atom stereocenters. The van der Waals surface area contributed by atoms with Crippen molar-refractivity contribution >= 4 is 35.9 Å². The summed E-state index contributed by atoms with van der Waals surface area (Å²) in [5.41, 5.74) is -5.88. The second-order valence-corrected chi connectivity index (χ2v) is 13.2. The van der Waals surface area contributed by atoms with E-state index in [1.807, 2.05) is 6.92 Å². The van der Waals surface area contributed by atoms with Crippen LogP contribution in [0.3, 0.4) is 0 Å². The molecule has 4 aliphatic rings. The number of halogens is 6. The number of hydrogen-bond acceptors (Lipinski definition) is 6. The summed E-state index contributed by atoms with van der Waals surface area (Å²) in [7, 11) is 0. The van der Waals surface area contributed by atoms with Crippen molar-refractivity contribution in [2.75, 3.05) is 5.75 Å². The lowest BCUT2D eigenvalue weighted by Gasteiger charge is -2.58. The molecular weight excluding hydrogens is 562 g/mol. The molecule has 40 heavy (non-hydrogen) atoms. The maximum Gasteiger partial charge on any atom is 0.438 e. The van der Waals surface area contributed by atoms with Gasteiger partial charge in [-0.1, -0.05) is 20.8 Å². The van der Waals surface area contributed by atoms with Crippen LogP contribution in [0.2, 0.25) is 0 Å². The van der Waals surface area contributed by atoms with Gasteiger partial charge in [-0.15, -0.1) is 0 Å². The van der Waals surface area contributed by atoms with E-state index in [4.69, 9.17) is 0 Å². The zero-order chi connectivity index (χ0) is 30.1. The van der Waals surface area contributed by atoms with Crippen molar-refractivity contribution in [1.29, 1.82) is 0 Å². The molecule has 0 aromatic heterocycles. The summed E-state index contributed by atoms with van der Waals surface area (Å²) in [6, 6.07) is 0. The van der Waals surface area contributed by atoms with Gasteiger partial charge in [0.25, 0.3) is 0 Å². The Hall–Kier alpha value is -1.59. The third-order valence-corrected chi connectivity index (χ3v) is 11.6. The smallest absolute Gasteiger partial charge is 0.438 e. The van der Waals surface area contributed by atoms with Crippen molar-refractivity contribution in [3.05, 3.63) is 0 Å². The quantitative estimate of drug-likeness (QED) is 0.220. The number of rotatable bonds is 6. The number of Topliss-reactive ketones (excluding diaryl/α,β-unsaturated/α-hetero) is 3. The van der Waals surface area contributed by atoms with Crippen molar-refractivity contribution in [3.8, 4) is 0 Å². The van der Waals surface area contributed by atoms with E-state index in [9.17, 15) is 45.5 Å². The van der Waals surface area contributed by atoms with Gasteiger partial charge in [-0.2, -0.15) is 39.0 Å². The monoisotopic (exact) mass is 598 g/mol. The summed E-state index contributed by atoms with van der Waals surface area (Å²) in [6.07, 6.45) is -9.45. The summed E-state index contributed by atoms with van der Waals surface area (Å²) < 4.78 is 84.1. The van der Waals surface area contributed by atoms with E-state index in [1.54, 1.807) is 6.92 Å². The highest BCUT2D eigenvalue weighted by atomic mass is 32.1. The van der Waals surface area contributed by atoms with Gasteiger partial charge in [-0.05, 0) is 60.7 Å². The molecule has 0 radical (unpaired) electrons. The minimum Gasteiger partial charge on any atom is -0.438 e. The van der Waals surface area contributed by atoms with Gasteiger partial charge in [0.2, 0.25) is 0 Å². The van der Waals surface area contributed by atoms with Gasteiger partial charge in [-0.3, -0.25) is 19.2 Å². The van der Waals surface area contributed by atoms with Gasteiger partial charge in [0.05, 0.1) is 0 Å². The summed E-state index contributed by atoms with van der Waals surface area (Å²) in [4.78, 5) is 51.7. The Balaban J connectivity index is 1.49. The Bertz CT molecular complexity index is 1060. The number of hydrogen-bond donors (Lipinski definition) is 1. The lowest BCUT2D eigenvalue weighted by molar-refractivity contribution is -0.360. The Kier molecular flexibility index (Phi) is 8.07. The van der Waals surface area contributed by atoms with Crippen LogP contribution in [0.1, 0.15) is 78.6 Å². The lowest BCUT2D eigenvalue weighted by atomic mass is 9.44. The summed E-state index contributed by atoms with van der Waals surface area (Å²) >= 11 is 3.20. The molecule has 0 aromatic rings. The third kappa shape index (κ3) is 4.71. The maximum absolute atomic E-state index is 13.8. The largest absolute Gasteiger partial charge is 0.438 e. The number of ether oxygens (including phenoxy) is 1. The molecule has 8 unspecified atom stereocenters. The standard InChI is InChI=1S/C28H36F6O5S/c1-14(4-7-22(38)39-26(13-40,27(29,30)31)28(32,33)34)17-5-6-18-23-19(12-21(37)25(17,18)3)24(2)9-8-16(35)10-15(24)11-20(23)36/h14-15,17-19,23,40H,4-13H2,1-3H3. The zero-order valence-electron chi connectivity index (χ0n) is 22.8. The van der Waals surface area contributed by atoms with Crippen LogP contribution in [-0.2, 0) is 23.9 Å². The topological polar surface area (TPSA) is 77.5 Å². The van der Waals surface area contributed by atoms with E-state index in [-0.39, 0.29) is 71.1 Å². The number of alkyl halides is 6. The highest BCUT2D eigenvalue weighted by molar-refractivity contribution is 7.80. The molecule has 0 heterocycles. The molecule has 226 valence electrons. The van der Waals surface area contributed by atoms with Crippen molar-refractivity contribution in [3.63, 3.8) is 0 Å². The minimum absolute atomic E-state index is 0.00508. The SMILES string of the molecule is CC(CCC(=O)OC(CS)(C(F)(F)F)C(F)(F)F)C1CCC2C3C(=O)CC4CC(=O)CCC4(C)C3CC(=O)C12C. The van der Waals surface area contributed by atoms with Crippen LogP contribution in [0.15, 0.2) is 0 Å². The van der Waals surface area contributed by atoms with E-state index < -0.39 is 41.5 Å². The van der Waals surface area contributed by atoms with Gasteiger partial charge >= 0.3 is 23.9 Å². The Morgan fingerprint density at radius 3 is 2.20 bits per heavy atom. The second kappa shape index (κ2) is 10.3. The minimum atomic E-state index is -5.90. The molecule has 12 heteroatoms.